The molecule has 0 aromatic carbocycles. The smallest absolute Gasteiger partial charge is 0.253 e. The second kappa shape index (κ2) is 8.71. The van der Waals surface area contributed by atoms with E-state index < -0.39 is 0 Å². The van der Waals surface area contributed by atoms with Gasteiger partial charge in [0, 0.05) is 35.1 Å². The van der Waals surface area contributed by atoms with Gasteiger partial charge in [0.25, 0.3) is 11.5 Å². The number of aryl methyl sites for hydroxylation is 2. The van der Waals surface area contributed by atoms with Crippen molar-refractivity contribution in [3.05, 3.63) is 86.6 Å². The Morgan fingerprint density at radius 2 is 2.03 bits per heavy atom. The lowest BCUT2D eigenvalue weighted by Gasteiger charge is -2.21. The highest BCUT2D eigenvalue weighted by Gasteiger charge is 2.20. The summed E-state index contributed by atoms with van der Waals surface area (Å²) < 4.78 is 8.00. The first kappa shape index (κ1) is 21.6. The van der Waals surface area contributed by atoms with Gasteiger partial charge >= 0.3 is 0 Å². The van der Waals surface area contributed by atoms with Gasteiger partial charge in [-0.2, -0.15) is 0 Å². The summed E-state index contributed by atoms with van der Waals surface area (Å²) in [6, 6.07) is 7.67. The summed E-state index contributed by atoms with van der Waals surface area (Å²) in [5.74, 6) is -0.219. The number of carbonyl (C=O) groups is 1. The van der Waals surface area contributed by atoms with Crippen LogP contribution in [0.3, 0.4) is 0 Å². The minimum atomic E-state index is -0.219. The minimum Gasteiger partial charge on any atom is -0.368 e. The Labute approximate surface area is 176 Å². The Morgan fingerprint density at radius 3 is 2.70 bits per heavy atom. The van der Waals surface area contributed by atoms with Crippen LogP contribution in [0, 0.1) is 20.8 Å². The lowest BCUT2D eigenvalue weighted by Crippen LogP contribution is -2.29. The van der Waals surface area contributed by atoms with E-state index in [1.54, 1.807) is 0 Å². The number of rotatable bonds is 7. The van der Waals surface area contributed by atoms with Crippen LogP contribution in [0.4, 0.5) is 0 Å². The topological polar surface area (TPSA) is 75.6 Å². The highest BCUT2D eigenvalue weighted by Crippen LogP contribution is 2.27. The van der Waals surface area contributed by atoms with E-state index in [2.05, 4.69) is 16.9 Å². The lowest BCUT2D eigenvalue weighted by atomic mass is 10.0. The maximum atomic E-state index is 13.0. The molecule has 158 valence electrons. The molecule has 0 radical (unpaired) electrons. The van der Waals surface area contributed by atoms with Crippen LogP contribution in [0.25, 0.3) is 5.52 Å². The Kier molecular flexibility index (Phi) is 6.27. The number of hydrogen-bond donors (Lipinski definition) is 2. The van der Waals surface area contributed by atoms with Crippen molar-refractivity contribution in [3.63, 3.8) is 0 Å². The number of amides is 1. The number of aromatic nitrogens is 2. The number of H-pyrrole nitrogens is 1. The molecule has 0 fully saturated rings. The summed E-state index contributed by atoms with van der Waals surface area (Å²) >= 11 is 0. The zero-order valence-electron chi connectivity index (χ0n) is 18.3. The lowest BCUT2D eigenvalue weighted by molar-refractivity contribution is 0.0791. The molecule has 1 amide bonds. The monoisotopic (exact) mass is 407 g/mol. The number of ether oxygens (including phenoxy) is 1. The van der Waals surface area contributed by atoms with Crippen molar-refractivity contribution in [1.29, 1.82) is 0 Å². The van der Waals surface area contributed by atoms with Crippen LogP contribution in [0.2, 0.25) is 0 Å². The van der Waals surface area contributed by atoms with Crippen LogP contribution in [0.15, 0.2) is 47.4 Å². The van der Waals surface area contributed by atoms with E-state index in [9.17, 15) is 9.59 Å². The van der Waals surface area contributed by atoms with Gasteiger partial charge in [-0.05, 0) is 70.0 Å². The molecule has 1 unspecified atom stereocenters. The predicted octanol–water partition coefficient (Wildman–Crippen LogP) is 4.14. The van der Waals surface area contributed by atoms with Gasteiger partial charge in [-0.3, -0.25) is 9.59 Å². The Morgan fingerprint density at radius 1 is 1.30 bits per heavy atom. The third-order valence-electron chi connectivity index (χ3n) is 5.25. The fourth-order valence-electron chi connectivity index (χ4n) is 3.75. The van der Waals surface area contributed by atoms with Crippen LogP contribution in [0.1, 0.15) is 58.4 Å². The van der Waals surface area contributed by atoms with Crippen molar-refractivity contribution in [2.24, 2.45) is 0 Å². The first-order chi connectivity index (χ1) is 14.2. The molecule has 0 spiro atoms. The van der Waals surface area contributed by atoms with Crippen LogP contribution in [-0.4, -0.2) is 21.9 Å². The maximum absolute atomic E-state index is 13.0. The molecule has 0 saturated heterocycles. The van der Waals surface area contributed by atoms with Crippen molar-refractivity contribution < 1.29 is 9.53 Å². The number of nitrogens with zero attached hydrogens (tertiary/aromatic N) is 1. The number of carbonyl (C=O) groups excluding carboxylic acids is 1. The zero-order chi connectivity index (χ0) is 22.0. The van der Waals surface area contributed by atoms with E-state index in [0.29, 0.717) is 17.7 Å². The molecule has 2 N–H and O–H groups in total. The summed E-state index contributed by atoms with van der Waals surface area (Å²) in [7, 11) is 0. The summed E-state index contributed by atoms with van der Waals surface area (Å²) in [5.41, 5.74) is 6.25. The summed E-state index contributed by atoms with van der Waals surface area (Å²) in [6.45, 7) is 14.0. The number of pyridine rings is 2. The summed E-state index contributed by atoms with van der Waals surface area (Å²) in [5, 5.41) is 2.91. The van der Waals surface area contributed by atoms with Crippen molar-refractivity contribution in [1.82, 2.24) is 14.7 Å². The van der Waals surface area contributed by atoms with Gasteiger partial charge < -0.3 is 19.4 Å². The Balaban J connectivity index is 1.92. The average Bonchev–Trinajstić information content (AvgIpc) is 3.12. The molecule has 3 aromatic heterocycles. The van der Waals surface area contributed by atoms with Crippen molar-refractivity contribution in [2.45, 2.75) is 47.3 Å². The van der Waals surface area contributed by atoms with E-state index in [-0.39, 0.29) is 24.1 Å². The maximum Gasteiger partial charge on any atom is 0.253 e. The van der Waals surface area contributed by atoms with Crippen LogP contribution >= 0.6 is 0 Å². The Hall–Kier alpha value is -3.12. The standard InChI is InChI=1S/C24H29N3O3/c1-14(2)13-30-18(6)22-17(5)20(11-19-8-7-9-27(19)22)23(28)25-12-21-15(3)10-16(4)26-24(21)29/h7-11,18H,1,12-13H2,2-6H3,(H,25,28)(H,26,29). The largest absolute Gasteiger partial charge is 0.368 e. The minimum absolute atomic E-state index is 0.170. The van der Waals surface area contributed by atoms with E-state index in [0.717, 1.165) is 33.6 Å². The van der Waals surface area contributed by atoms with Gasteiger partial charge in [0.2, 0.25) is 0 Å². The van der Waals surface area contributed by atoms with E-state index in [1.807, 2.05) is 69.5 Å². The first-order valence-corrected chi connectivity index (χ1v) is 10.0. The number of hydrogen-bond acceptors (Lipinski definition) is 3. The molecule has 0 aliphatic heterocycles. The number of nitrogens with one attached hydrogen (secondary N) is 2. The first-order valence-electron chi connectivity index (χ1n) is 10.0. The van der Waals surface area contributed by atoms with Gasteiger partial charge in [0.1, 0.15) is 0 Å². The van der Waals surface area contributed by atoms with Crippen LogP contribution < -0.4 is 10.9 Å². The molecule has 3 rings (SSSR count). The van der Waals surface area contributed by atoms with Gasteiger partial charge in [-0.1, -0.05) is 12.2 Å². The van der Waals surface area contributed by atoms with E-state index in [4.69, 9.17) is 4.74 Å². The molecule has 0 aliphatic carbocycles. The molecule has 0 saturated carbocycles. The molecule has 0 bridgehead atoms. The van der Waals surface area contributed by atoms with Gasteiger partial charge in [0.05, 0.1) is 18.4 Å². The molecular weight excluding hydrogens is 378 g/mol. The summed E-state index contributed by atoms with van der Waals surface area (Å²) in [4.78, 5) is 28.1. The van der Waals surface area contributed by atoms with Crippen LogP contribution in [0.5, 0.6) is 0 Å². The predicted molar refractivity (Wildman–Crippen MR) is 119 cm³/mol. The van der Waals surface area contributed by atoms with Crippen LogP contribution in [-0.2, 0) is 11.3 Å². The number of aromatic amines is 1. The van der Waals surface area contributed by atoms with Crippen molar-refractivity contribution >= 4 is 11.4 Å². The molecule has 6 heteroatoms. The average molecular weight is 408 g/mol. The highest BCUT2D eigenvalue weighted by molar-refractivity contribution is 5.97. The van der Waals surface area contributed by atoms with Crippen molar-refractivity contribution in [3.8, 4) is 0 Å². The normalized spacial score (nSPS) is 12.2. The molecule has 0 aliphatic rings. The van der Waals surface area contributed by atoms with Gasteiger partial charge in [0.15, 0.2) is 0 Å². The molecule has 3 aromatic rings. The molecular formula is C24H29N3O3. The highest BCUT2D eigenvalue weighted by atomic mass is 16.5. The van der Waals surface area contributed by atoms with E-state index in [1.165, 1.54) is 0 Å². The quantitative estimate of drug-likeness (QED) is 0.578. The van der Waals surface area contributed by atoms with Gasteiger partial charge in [-0.25, -0.2) is 0 Å². The third-order valence-corrected chi connectivity index (χ3v) is 5.25. The molecule has 1 atom stereocenters. The molecule has 6 nitrogen and oxygen atoms in total. The summed E-state index contributed by atoms with van der Waals surface area (Å²) in [6.07, 6.45) is 1.75. The second-order valence-corrected chi connectivity index (χ2v) is 7.91. The fraction of sp³-hybridized carbons (Fsp3) is 0.333. The molecule has 30 heavy (non-hydrogen) atoms. The fourth-order valence-corrected chi connectivity index (χ4v) is 3.75. The number of fused-ring (bicyclic) bond motifs is 1. The second-order valence-electron chi connectivity index (χ2n) is 7.91. The zero-order valence-corrected chi connectivity index (χ0v) is 18.3. The third kappa shape index (κ3) is 4.39. The van der Waals surface area contributed by atoms with Gasteiger partial charge in [-0.15, -0.1) is 0 Å². The van der Waals surface area contributed by atoms with Crippen molar-refractivity contribution in [2.75, 3.05) is 6.61 Å². The molecule has 3 heterocycles. The van der Waals surface area contributed by atoms with E-state index >= 15 is 0 Å². The Bertz CT molecular complexity index is 1170. The SMILES string of the molecule is C=C(C)COC(C)c1c(C)c(C(=O)NCc2c(C)cc(C)[nH]c2=O)cc2cccn12.